The summed E-state index contributed by atoms with van der Waals surface area (Å²) in [6.45, 7) is 11.0. The van der Waals surface area contributed by atoms with E-state index in [0.717, 1.165) is 51.3 Å². The van der Waals surface area contributed by atoms with Crippen LogP contribution in [0.4, 0.5) is 10.5 Å². The van der Waals surface area contributed by atoms with Crippen molar-refractivity contribution in [2.75, 3.05) is 44.7 Å². The zero-order chi connectivity index (χ0) is 19.6. The van der Waals surface area contributed by atoms with Crippen LogP contribution in [-0.2, 0) is 4.74 Å². The first kappa shape index (κ1) is 21.2. The molecule has 1 atom stereocenters. The smallest absolute Gasteiger partial charge is 0.319 e. The van der Waals surface area contributed by atoms with Gasteiger partial charge in [-0.2, -0.15) is 0 Å². The second-order valence-electron chi connectivity index (χ2n) is 7.00. The minimum absolute atomic E-state index is 0.0911. The van der Waals surface area contributed by atoms with E-state index in [1.54, 1.807) is 18.2 Å². The highest BCUT2D eigenvalue weighted by Gasteiger charge is 2.12. The van der Waals surface area contributed by atoms with Crippen LogP contribution >= 0.6 is 0 Å². The summed E-state index contributed by atoms with van der Waals surface area (Å²) in [6.07, 6.45) is 1.79. The Kier molecular flexibility index (Phi) is 8.54. The molecule has 0 bridgehead atoms. The molecule has 0 spiro atoms. The lowest BCUT2D eigenvalue weighted by Crippen LogP contribution is -2.38. The Morgan fingerprint density at radius 1 is 1.26 bits per heavy atom. The molecule has 0 aliphatic carbocycles. The molecular weight excluding hydrogens is 344 g/mol. The normalized spacial score (nSPS) is 15.8. The summed E-state index contributed by atoms with van der Waals surface area (Å²) in [5.41, 5.74) is 2.17. The number of aryl methyl sites for hydroxylation is 1. The van der Waals surface area contributed by atoms with E-state index in [1.807, 2.05) is 20.8 Å². The van der Waals surface area contributed by atoms with E-state index in [1.165, 1.54) is 0 Å². The number of benzene rings is 1. The molecule has 27 heavy (non-hydrogen) atoms. The number of rotatable bonds is 8. The molecule has 3 amide bonds. The minimum Gasteiger partial charge on any atom is -0.379 e. The highest BCUT2D eigenvalue weighted by atomic mass is 16.5. The van der Waals surface area contributed by atoms with Gasteiger partial charge in [0.15, 0.2) is 0 Å². The number of amides is 3. The van der Waals surface area contributed by atoms with E-state index in [2.05, 4.69) is 20.9 Å². The van der Waals surface area contributed by atoms with Gasteiger partial charge in [0.05, 0.1) is 13.2 Å². The van der Waals surface area contributed by atoms with Crippen LogP contribution in [0.1, 0.15) is 42.6 Å². The van der Waals surface area contributed by atoms with Gasteiger partial charge in [0.1, 0.15) is 0 Å². The van der Waals surface area contributed by atoms with Crippen molar-refractivity contribution in [1.82, 2.24) is 15.5 Å². The number of hydrogen-bond donors (Lipinski definition) is 3. The van der Waals surface area contributed by atoms with Gasteiger partial charge in [-0.15, -0.1) is 0 Å². The summed E-state index contributed by atoms with van der Waals surface area (Å²) in [4.78, 5) is 26.6. The number of nitrogens with one attached hydrogen (secondary N) is 3. The molecule has 1 fully saturated rings. The molecule has 0 radical (unpaired) electrons. The largest absolute Gasteiger partial charge is 0.379 e. The van der Waals surface area contributed by atoms with Gasteiger partial charge in [-0.1, -0.05) is 6.92 Å². The number of ether oxygens (including phenoxy) is 1. The molecule has 1 aromatic rings. The number of hydrogen-bond acceptors (Lipinski definition) is 4. The number of urea groups is 1. The van der Waals surface area contributed by atoms with Crippen LogP contribution in [0.3, 0.4) is 0 Å². The average Bonchev–Trinajstić information content (AvgIpc) is 2.67. The second kappa shape index (κ2) is 10.9. The molecule has 3 N–H and O–H groups in total. The van der Waals surface area contributed by atoms with Gasteiger partial charge in [-0.25, -0.2) is 4.79 Å². The van der Waals surface area contributed by atoms with E-state index in [9.17, 15) is 9.59 Å². The van der Waals surface area contributed by atoms with Crippen LogP contribution in [-0.4, -0.2) is 62.3 Å². The quantitative estimate of drug-likeness (QED) is 0.608. The summed E-state index contributed by atoms with van der Waals surface area (Å²) in [5, 5.41) is 8.68. The fraction of sp³-hybridized carbons (Fsp3) is 0.600. The molecule has 150 valence electrons. The van der Waals surface area contributed by atoms with Gasteiger partial charge < -0.3 is 20.7 Å². The van der Waals surface area contributed by atoms with Gasteiger partial charge >= 0.3 is 6.03 Å². The SMILES string of the molecule is CCC(C)NC(=O)c1ccc(NC(=O)NCCCN2CCOCC2)c(C)c1. The molecule has 7 heteroatoms. The number of morpholine rings is 1. The third-order valence-corrected chi connectivity index (χ3v) is 4.77. The van der Waals surface area contributed by atoms with Crippen LogP contribution in [0, 0.1) is 6.92 Å². The van der Waals surface area contributed by atoms with Gasteiger partial charge in [-0.05, 0) is 57.0 Å². The van der Waals surface area contributed by atoms with Crippen molar-refractivity contribution in [3.05, 3.63) is 29.3 Å². The first-order valence-electron chi connectivity index (χ1n) is 9.76. The van der Waals surface area contributed by atoms with E-state index in [0.29, 0.717) is 17.8 Å². The van der Waals surface area contributed by atoms with E-state index < -0.39 is 0 Å². The van der Waals surface area contributed by atoms with Crippen molar-refractivity contribution in [3.63, 3.8) is 0 Å². The van der Waals surface area contributed by atoms with Crippen molar-refractivity contribution in [2.45, 2.75) is 39.7 Å². The van der Waals surface area contributed by atoms with Crippen molar-refractivity contribution in [3.8, 4) is 0 Å². The molecule has 1 aliphatic heterocycles. The average molecular weight is 377 g/mol. The second-order valence-corrected chi connectivity index (χ2v) is 7.00. The maximum Gasteiger partial charge on any atom is 0.319 e. The summed E-state index contributed by atoms with van der Waals surface area (Å²) in [7, 11) is 0. The Bertz CT molecular complexity index is 630. The fourth-order valence-electron chi connectivity index (χ4n) is 2.85. The maximum absolute atomic E-state index is 12.2. The van der Waals surface area contributed by atoms with Gasteiger partial charge in [0.25, 0.3) is 5.91 Å². The van der Waals surface area contributed by atoms with E-state index in [4.69, 9.17) is 4.74 Å². The zero-order valence-corrected chi connectivity index (χ0v) is 16.6. The van der Waals surface area contributed by atoms with Crippen LogP contribution in [0.15, 0.2) is 18.2 Å². The van der Waals surface area contributed by atoms with E-state index in [-0.39, 0.29) is 18.0 Å². The van der Waals surface area contributed by atoms with Gasteiger partial charge in [-0.3, -0.25) is 9.69 Å². The number of nitrogens with zero attached hydrogens (tertiary/aromatic N) is 1. The van der Waals surface area contributed by atoms with Gasteiger partial charge in [0.2, 0.25) is 0 Å². The summed E-state index contributed by atoms with van der Waals surface area (Å²) in [6, 6.07) is 5.22. The maximum atomic E-state index is 12.2. The third kappa shape index (κ3) is 7.19. The molecule has 2 rings (SSSR count). The first-order chi connectivity index (χ1) is 13.0. The molecule has 1 aliphatic rings. The highest BCUT2D eigenvalue weighted by molar-refractivity contribution is 5.96. The molecule has 1 unspecified atom stereocenters. The van der Waals surface area contributed by atoms with Crippen molar-refractivity contribution in [1.29, 1.82) is 0 Å². The summed E-state index contributed by atoms with van der Waals surface area (Å²) >= 11 is 0. The fourth-order valence-corrected chi connectivity index (χ4v) is 2.85. The molecule has 0 saturated carbocycles. The predicted molar refractivity (Wildman–Crippen MR) is 107 cm³/mol. The van der Waals surface area contributed by atoms with Crippen molar-refractivity contribution < 1.29 is 14.3 Å². The Morgan fingerprint density at radius 2 is 2.00 bits per heavy atom. The molecule has 7 nitrogen and oxygen atoms in total. The van der Waals surface area contributed by atoms with Crippen LogP contribution in [0.25, 0.3) is 0 Å². The zero-order valence-electron chi connectivity index (χ0n) is 16.6. The lowest BCUT2D eigenvalue weighted by molar-refractivity contribution is 0.0375. The Hall–Kier alpha value is -2.12. The number of carbonyl (C=O) groups excluding carboxylic acids is 2. The highest BCUT2D eigenvalue weighted by Crippen LogP contribution is 2.16. The lowest BCUT2D eigenvalue weighted by Gasteiger charge is -2.26. The predicted octanol–water partition coefficient (Wildman–Crippen LogP) is 2.37. The van der Waals surface area contributed by atoms with E-state index >= 15 is 0 Å². The topological polar surface area (TPSA) is 82.7 Å². The standard InChI is InChI=1S/C20H32N4O3/c1-4-16(3)22-19(25)17-6-7-18(15(2)14-17)23-20(26)21-8-5-9-24-10-12-27-13-11-24/h6-7,14,16H,4-5,8-13H2,1-3H3,(H,22,25)(H2,21,23,26). The molecule has 1 saturated heterocycles. The Labute approximate surface area is 161 Å². The van der Waals surface area contributed by atoms with Crippen LogP contribution in [0.5, 0.6) is 0 Å². The minimum atomic E-state index is -0.225. The number of carbonyl (C=O) groups is 2. The molecular formula is C20H32N4O3. The van der Waals surface area contributed by atoms with Gasteiger partial charge in [0, 0.05) is 36.9 Å². The van der Waals surface area contributed by atoms with Crippen molar-refractivity contribution >= 4 is 17.6 Å². The summed E-state index contributed by atoms with van der Waals surface area (Å²) < 4.78 is 5.32. The molecule has 0 aromatic heterocycles. The monoisotopic (exact) mass is 376 g/mol. The molecule has 1 heterocycles. The Morgan fingerprint density at radius 3 is 2.67 bits per heavy atom. The summed E-state index contributed by atoms with van der Waals surface area (Å²) in [5.74, 6) is -0.0911. The Balaban J connectivity index is 1.75. The third-order valence-electron chi connectivity index (χ3n) is 4.77. The van der Waals surface area contributed by atoms with Crippen molar-refractivity contribution in [2.24, 2.45) is 0 Å². The molecule has 1 aromatic carbocycles. The van der Waals surface area contributed by atoms with Crippen LogP contribution in [0.2, 0.25) is 0 Å². The lowest BCUT2D eigenvalue weighted by atomic mass is 10.1. The first-order valence-corrected chi connectivity index (χ1v) is 9.76. The van der Waals surface area contributed by atoms with Crippen LogP contribution < -0.4 is 16.0 Å². The number of anilines is 1.